The fourth-order valence-corrected chi connectivity index (χ4v) is 0.886. The standard InChI is InChI=1S/C6H5N3O5/c7-3-1-6(10)5(9(13)14)2-4(3)8(11)12/h1-2,10H,7H2. The van der Waals surface area contributed by atoms with Crippen molar-refractivity contribution in [1.29, 1.82) is 0 Å². The van der Waals surface area contributed by atoms with Crippen LogP contribution in [0.1, 0.15) is 0 Å². The molecule has 8 heteroatoms. The molecule has 1 aromatic carbocycles. The summed E-state index contributed by atoms with van der Waals surface area (Å²) in [6.45, 7) is 0. The Labute approximate surface area is 76.9 Å². The summed E-state index contributed by atoms with van der Waals surface area (Å²) in [5.74, 6) is -0.696. The summed E-state index contributed by atoms with van der Waals surface area (Å²) in [6.07, 6.45) is 0. The molecule has 0 bridgehead atoms. The number of nitro groups is 2. The van der Waals surface area contributed by atoms with Gasteiger partial charge >= 0.3 is 5.69 Å². The molecule has 14 heavy (non-hydrogen) atoms. The number of nitrogens with zero attached hydrogens (tertiary/aromatic N) is 2. The smallest absolute Gasteiger partial charge is 0.317 e. The lowest BCUT2D eigenvalue weighted by Gasteiger charge is -1.98. The zero-order valence-electron chi connectivity index (χ0n) is 6.71. The summed E-state index contributed by atoms with van der Waals surface area (Å²) in [5, 5.41) is 29.6. The van der Waals surface area contributed by atoms with Crippen LogP contribution in [-0.4, -0.2) is 15.0 Å². The first-order valence-electron chi connectivity index (χ1n) is 3.34. The molecule has 0 saturated heterocycles. The van der Waals surface area contributed by atoms with Crippen molar-refractivity contribution < 1.29 is 15.0 Å². The quantitative estimate of drug-likeness (QED) is 0.411. The molecule has 74 valence electrons. The summed E-state index contributed by atoms with van der Waals surface area (Å²) in [4.78, 5) is 18.8. The molecule has 0 spiro atoms. The average molecular weight is 199 g/mol. The Kier molecular flexibility index (Phi) is 2.19. The van der Waals surface area contributed by atoms with Gasteiger partial charge in [0.1, 0.15) is 5.69 Å². The fraction of sp³-hybridized carbons (Fsp3) is 0. The minimum Gasteiger partial charge on any atom is -0.502 e. The topological polar surface area (TPSA) is 133 Å². The van der Waals surface area contributed by atoms with Crippen LogP contribution in [0.3, 0.4) is 0 Å². The molecule has 0 fully saturated rings. The normalized spacial score (nSPS) is 9.71. The number of rotatable bonds is 2. The number of benzene rings is 1. The van der Waals surface area contributed by atoms with Crippen molar-refractivity contribution >= 4 is 17.1 Å². The fourth-order valence-electron chi connectivity index (χ4n) is 0.886. The van der Waals surface area contributed by atoms with Gasteiger partial charge in [-0.1, -0.05) is 0 Å². The van der Waals surface area contributed by atoms with Crippen molar-refractivity contribution in [2.45, 2.75) is 0 Å². The van der Waals surface area contributed by atoms with Crippen molar-refractivity contribution in [3.05, 3.63) is 32.4 Å². The first kappa shape index (κ1) is 9.71. The van der Waals surface area contributed by atoms with E-state index in [1.807, 2.05) is 0 Å². The Morgan fingerprint density at radius 2 is 1.64 bits per heavy atom. The van der Waals surface area contributed by atoms with Gasteiger partial charge in [0.15, 0.2) is 5.75 Å². The van der Waals surface area contributed by atoms with Crippen molar-refractivity contribution in [1.82, 2.24) is 0 Å². The Bertz CT molecular complexity index is 381. The van der Waals surface area contributed by atoms with Crippen molar-refractivity contribution in [2.75, 3.05) is 5.73 Å². The van der Waals surface area contributed by atoms with Gasteiger partial charge in [0.05, 0.1) is 15.9 Å². The Morgan fingerprint density at radius 1 is 1.14 bits per heavy atom. The maximum Gasteiger partial charge on any atom is 0.317 e. The van der Waals surface area contributed by atoms with Gasteiger partial charge < -0.3 is 10.8 Å². The second-order valence-electron chi connectivity index (χ2n) is 2.41. The van der Waals surface area contributed by atoms with Crippen LogP contribution in [0.25, 0.3) is 0 Å². The lowest BCUT2D eigenvalue weighted by atomic mass is 10.2. The van der Waals surface area contributed by atoms with Gasteiger partial charge in [-0.15, -0.1) is 0 Å². The molecule has 0 heterocycles. The predicted molar refractivity (Wildman–Crippen MR) is 45.8 cm³/mol. The van der Waals surface area contributed by atoms with Crippen LogP contribution < -0.4 is 5.73 Å². The highest BCUT2D eigenvalue weighted by Crippen LogP contribution is 2.34. The van der Waals surface area contributed by atoms with Crippen LogP contribution >= 0.6 is 0 Å². The largest absolute Gasteiger partial charge is 0.502 e. The van der Waals surface area contributed by atoms with E-state index in [0.29, 0.717) is 6.07 Å². The van der Waals surface area contributed by atoms with Gasteiger partial charge in [0.2, 0.25) is 0 Å². The van der Waals surface area contributed by atoms with E-state index < -0.39 is 27.0 Å². The average Bonchev–Trinajstić information content (AvgIpc) is 2.02. The second kappa shape index (κ2) is 3.17. The first-order valence-corrected chi connectivity index (χ1v) is 3.34. The zero-order valence-corrected chi connectivity index (χ0v) is 6.71. The molecule has 0 aliphatic rings. The lowest BCUT2D eigenvalue weighted by molar-refractivity contribution is -0.394. The van der Waals surface area contributed by atoms with E-state index in [-0.39, 0.29) is 5.69 Å². The second-order valence-corrected chi connectivity index (χ2v) is 2.41. The predicted octanol–water partition coefficient (Wildman–Crippen LogP) is 0.791. The van der Waals surface area contributed by atoms with Crippen molar-refractivity contribution in [3.63, 3.8) is 0 Å². The van der Waals surface area contributed by atoms with Gasteiger partial charge in [0, 0.05) is 6.07 Å². The molecular weight excluding hydrogens is 194 g/mol. The van der Waals surface area contributed by atoms with Gasteiger partial charge in [-0.25, -0.2) is 0 Å². The lowest BCUT2D eigenvalue weighted by Crippen LogP contribution is -1.97. The number of hydrogen-bond donors (Lipinski definition) is 2. The number of aromatic hydroxyl groups is 1. The number of anilines is 1. The summed E-state index contributed by atoms with van der Waals surface area (Å²) >= 11 is 0. The molecule has 3 N–H and O–H groups in total. The monoisotopic (exact) mass is 199 g/mol. The molecule has 0 radical (unpaired) electrons. The number of nitro benzene ring substituents is 2. The number of phenolic OH excluding ortho intramolecular Hbond substituents is 1. The van der Waals surface area contributed by atoms with E-state index in [1.165, 1.54) is 0 Å². The van der Waals surface area contributed by atoms with E-state index in [9.17, 15) is 20.2 Å². The third-order valence-electron chi connectivity index (χ3n) is 1.52. The van der Waals surface area contributed by atoms with E-state index in [0.717, 1.165) is 6.07 Å². The molecule has 0 unspecified atom stereocenters. The van der Waals surface area contributed by atoms with Gasteiger partial charge in [-0.2, -0.15) is 0 Å². The molecule has 8 nitrogen and oxygen atoms in total. The van der Waals surface area contributed by atoms with E-state index in [4.69, 9.17) is 10.8 Å². The summed E-state index contributed by atoms with van der Waals surface area (Å²) < 4.78 is 0. The third-order valence-corrected chi connectivity index (χ3v) is 1.52. The van der Waals surface area contributed by atoms with Crippen LogP contribution in [0.4, 0.5) is 17.1 Å². The number of nitrogens with two attached hydrogens (primary N) is 1. The zero-order chi connectivity index (χ0) is 10.9. The SMILES string of the molecule is Nc1cc(O)c([N+](=O)[O-])cc1[N+](=O)[O-]. The summed E-state index contributed by atoms with van der Waals surface area (Å²) in [7, 11) is 0. The molecule has 0 aliphatic carbocycles. The first-order chi connectivity index (χ1) is 6.43. The minimum absolute atomic E-state index is 0.321. The Hall–Kier alpha value is -2.38. The Morgan fingerprint density at radius 3 is 2.07 bits per heavy atom. The highest BCUT2D eigenvalue weighted by molar-refractivity contribution is 5.67. The van der Waals surface area contributed by atoms with E-state index in [2.05, 4.69) is 0 Å². The van der Waals surface area contributed by atoms with Crippen LogP contribution in [0.15, 0.2) is 12.1 Å². The summed E-state index contributed by atoms with van der Waals surface area (Å²) in [5.41, 5.74) is 3.50. The minimum atomic E-state index is -0.929. The van der Waals surface area contributed by atoms with Crippen LogP contribution in [0.5, 0.6) is 5.75 Å². The Balaban J connectivity index is 3.42. The van der Waals surface area contributed by atoms with E-state index >= 15 is 0 Å². The van der Waals surface area contributed by atoms with Crippen LogP contribution in [0.2, 0.25) is 0 Å². The number of hydrogen-bond acceptors (Lipinski definition) is 6. The van der Waals surface area contributed by atoms with Crippen molar-refractivity contribution in [2.24, 2.45) is 0 Å². The molecule has 1 rings (SSSR count). The van der Waals surface area contributed by atoms with Gasteiger partial charge in [0.25, 0.3) is 5.69 Å². The maximum absolute atomic E-state index is 10.3. The number of nitrogen functional groups attached to an aromatic ring is 1. The number of phenols is 1. The molecular formula is C6H5N3O5. The molecule has 0 saturated carbocycles. The molecule has 0 aliphatic heterocycles. The maximum atomic E-state index is 10.3. The highest BCUT2D eigenvalue weighted by atomic mass is 16.6. The van der Waals surface area contributed by atoms with Gasteiger partial charge in [-0.3, -0.25) is 20.2 Å². The molecule has 0 amide bonds. The molecule has 1 aromatic rings. The van der Waals surface area contributed by atoms with Crippen LogP contribution in [-0.2, 0) is 0 Å². The van der Waals surface area contributed by atoms with E-state index in [1.54, 1.807) is 0 Å². The molecule has 0 aromatic heterocycles. The van der Waals surface area contributed by atoms with Crippen molar-refractivity contribution in [3.8, 4) is 5.75 Å². The summed E-state index contributed by atoms with van der Waals surface area (Å²) in [6, 6.07) is 1.39. The molecule has 0 atom stereocenters. The van der Waals surface area contributed by atoms with Crippen LogP contribution in [0, 0.1) is 20.2 Å². The van der Waals surface area contributed by atoms with Gasteiger partial charge in [-0.05, 0) is 0 Å². The highest BCUT2D eigenvalue weighted by Gasteiger charge is 2.22. The third kappa shape index (κ3) is 1.53.